The number of nitrogens with zero attached hydrogens (tertiary/aromatic N) is 2. The molecular weight excluding hydrogens is 264 g/mol. The summed E-state index contributed by atoms with van der Waals surface area (Å²) in [6, 6.07) is 5.39. The van der Waals surface area contributed by atoms with Gasteiger partial charge in [0.1, 0.15) is 12.1 Å². The van der Waals surface area contributed by atoms with Crippen LogP contribution in [0.3, 0.4) is 0 Å². The van der Waals surface area contributed by atoms with Gasteiger partial charge in [-0.2, -0.15) is 0 Å². The maximum atomic E-state index is 12.9. The van der Waals surface area contributed by atoms with Crippen molar-refractivity contribution in [1.82, 2.24) is 4.90 Å². The van der Waals surface area contributed by atoms with E-state index in [1.165, 1.54) is 0 Å². The number of hydrogen-bond donors (Lipinski definition) is 0. The van der Waals surface area contributed by atoms with Gasteiger partial charge >= 0.3 is 0 Å². The first-order valence-electron chi connectivity index (χ1n) is 7.71. The molecule has 21 heavy (non-hydrogen) atoms. The number of piperidine rings is 1. The number of piperazine rings is 1. The number of aryl methyl sites for hydroxylation is 2. The van der Waals surface area contributed by atoms with Crippen LogP contribution in [0.1, 0.15) is 37.3 Å². The number of anilines is 1. The molecule has 2 atom stereocenters. The van der Waals surface area contributed by atoms with Crippen LogP contribution in [0.25, 0.3) is 0 Å². The van der Waals surface area contributed by atoms with E-state index < -0.39 is 6.04 Å². The molecule has 0 spiro atoms. The Morgan fingerprint density at radius 1 is 1.10 bits per heavy atom. The summed E-state index contributed by atoms with van der Waals surface area (Å²) in [5, 5.41) is 0. The van der Waals surface area contributed by atoms with E-state index in [-0.39, 0.29) is 17.9 Å². The summed E-state index contributed by atoms with van der Waals surface area (Å²) in [6.45, 7) is 6.57. The monoisotopic (exact) mass is 286 g/mol. The van der Waals surface area contributed by atoms with Gasteiger partial charge in [0, 0.05) is 12.2 Å². The Bertz CT molecular complexity index is 596. The van der Waals surface area contributed by atoms with Crippen LogP contribution in [0.2, 0.25) is 0 Å². The minimum atomic E-state index is -0.410. The second kappa shape index (κ2) is 5.17. The Morgan fingerprint density at radius 3 is 2.62 bits per heavy atom. The molecule has 0 aromatic heterocycles. The highest BCUT2D eigenvalue weighted by Gasteiger charge is 2.45. The van der Waals surface area contributed by atoms with Crippen molar-refractivity contribution in [2.45, 2.75) is 52.1 Å². The van der Waals surface area contributed by atoms with Gasteiger partial charge in [-0.15, -0.1) is 0 Å². The van der Waals surface area contributed by atoms with Crippen LogP contribution in [0, 0.1) is 13.8 Å². The predicted molar refractivity (Wildman–Crippen MR) is 82.2 cm³/mol. The second-order valence-corrected chi connectivity index (χ2v) is 6.22. The number of amides is 2. The van der Waals surface area contributed by atoms with Crippen LogP contribution in [-0.2, 0) is 9.59 Å². The molecule has 2 aliphatic heterocycles. The van der Waals surface area contributed by atoms with Crippen LogP contribution in [0.15, 0.2) is 18.2 Å². The Balaban J connectivity index is 2.03. The van der Waals surface area contributed by atoms with E-state index in [9.17, 15) is 9.59 Å². The van der Waals surface area contributed by atoms with Crippen molar-refractivity contribution >= 4 is 17.5 Å². The molecule has 4 nitrogen and oxygen atoms in total. The van der Waals surface area contributed by atoms with E-state index in [2.05, 4.69) is 0 Å². The van der Waals surface area contributed by atoms with Gasteiger partial charge in [-0.25, -0.2) is 0 Å². The van der Waals surface area contributed by atoms with Crippen molar-refractivity contribution in [2.24, 2.45) is 0 Å². The normalized spacial score (nSPS) is 26.0. The fraction of sp³-hybridized carbons (Fsp3) is 0.529. The van der Waals surface area contributed by atoms with E-state index in [0.717, 1.165) is 42.6 Å². The molecule has 0 radical (unpaired) electrons. The van der Waals surface area contributed by atoms with Crippen molar-refractivity contribution in [3.05, 3.63) is 29.3 Å². The zero-order chi connectivity index (χ0) is 15.1. The van der Waals surface area contributed by atoms with E-state index in [4.69, 9.17) is 0 Å². The number of carbonyl (C=O) groups excluding carboxylic acids is 2. The molecule has 2 unspecified atom stereocenters. The Kier molecular flexibility index (Phi) is 3.47. The molecule has 0 bridgehead atoms. The lowest BCUT2D eigenvalue weighted by molar-refractivity contribution is -0.147. The summed E-state index contributed by atoms with van der Waals surface area (Å²) in [7, 11) is 0. The average Bonchev–Trinajstić information content (AvgIpc) is 2.49. The Morgan fingerprint density at radius 2 is 1.86 bits per heavy atom. The van der Waals surface area contributed by atoms with Gasteiger partial charge < -0.3 is 4.90 Å². The summed E-state index contributed by atoms with van der Waals surface area (Å²) in [5.41, 5.74) is 3.03. The van der Waals surface area contributed by atoms with Crippen LogP contribution in [0.4, 0.5) is 5.69 Å². The molecule has 2 amide bonds. The van der Waals surface area contributed by atoms with E-state index >= 15 is 0 Å². The summed E-state index contributed by atoms with van der Waals surface area (Å²) in [5.74, 6) is 0.163. The molecular formula is C17H22N2O2. The number of rotatable bonds is 1. The fourth-order valence-electron chi connectivity index (χ4n) is 3.46. The first kappa shape index (κ1) is 14.1. The van der Waals surface area contributed by atoms with Crippen molar-refractivity contribution in [3.63, 3.8) is 0 Å². The van der Waals surface area contributed by atoms with Gasteiger partial charge in [0.25, 0.3) is 5.91 Å². The second-order valence-electron chi connectivity index (χ2n) is 6.22. The summed E-state index contributed by atoms with van der Waals surface area (Å²) >= 11 is 0. The number of carbonyl (C=O) groups is 2. The zero-order valence-electron chi connectivity index (χ0n) is 12.9. The van der Waals surface area contributed by atoms with Gasteiger partial charge in [-0.05, 0) is 57.2 Å². The third-order valence-electron chi connectivity index (χ3n) is 4.68. The standard InChI is InChI=1S/C17H22N2O2/c1-11-7-8-12(2)15(10-11)19-13(3)16(20)18-9-5-4-6-14(18)17(19)21/h7-8,10,13-14H,4-6,9H2,1-3H3. The van der Waals surface area contributed by atoms with E-state index in [1.54, 1.807) is 9.80 Å². The molecule has 2 saturated heterocycles. The minimum absolute atomic E-state index is 0.0792. The lowest BCUT2D eigenvalue weighted by atomic mass is 9.94. The number of fused-ring (bicyclic) bond motifs is 1. The van der Waals surface area contributed by atoms with Crippen LogP contribution >= 0.6 is 0 Å². The minimum Gasteiger partial charge on any atom is -0.329 e. The molecule has 1 aromatic rings. The SMILES string of the molecule is Cc1ccc(C)c(N2C(=O)C3CCCCN3C(=O)C2C)c1. The third kappa shape index (κ3) is 2.23. The van der Waals surface area contributed by atoms with Gasteiger partial charge in [-0.3, -0.25) is 14.5 Å². The molecule has 3 rings (SSSR count). The van der Waals surface area contributed by atoms with Crippen LogP contribution < -0.4 is 4.90 Å². The number of hydrogen-bond acceptors (Lipinski definition) is 2. The zero-order valence-corrected chi connectivity index (χ0v) is 12.9. The molecule has 112 valence electrons. The van der Waals surface area contributed by atoms with Crippen molar-refractivity contribution in [2.75, 3.05) is 11.4 Å². The van der Waals surface area contributed by atoms with Crippen LogP contribution in [-0.4, -0.2) is 35.3 Å². The van der Waals surface area contributed by atoms with Gasteiger partial charge in [0.2, 0.25) is 5.91 Å². The van der Waals surface area contributed by atoms with E-state index in [0.29, 0.717) is 0 Å². The molecule has 0 saturated carbocycles. The number of benzene rings is 1. The third-order valence-corrected chi connectivity index (χ3v) is 4.68. The van der Waals surface area contributed by atoms with Gasteiger partial charge in [0.05, 0.1) is 0 Å². The van der Waals surface area contributed by atoms with Gasteiger partial charge in [0.15, 0.2) is 0 Å². The first-order chi connectivity index (χ1) is 10.0. The largest absolute Gasteiger partial charge is 0.329 e. The quantitative estimate of drug-likeness (QED) is 0.795. The van der Waals surface area contributed by atoms with E-state index in [1.807, 2.05) is 39.0 Å². The Hall–Kier alpha value is -1.84. The summed E-state index contributed by atoms with van der Waals surface area (Å²) in [4.78, 5) is 29.0. The lowest BCUT2D eigenvalue weighted by Gasteiger charge is -2.46. The fourth-order valence-corrected chi connectivity index (χ4v) is 3.46. The molecule has 2 fully saturated rings. The highest BCUT2D eigenvalue weighted by Crippen LogP contribution is 2.32. The van der Waals surface area contributed by atoms with Crippen molar-refractivity contribution in [1.29, 1.82) is 0 Å². The molecule has 2 heterocycles. The summed E-state index contributed by atoms with van der Waals surface area (Å²) in [6.07, 6.45) is 2.82. The topological polar surface area (TPSA) is 40.6 Å². The molecule has 0 aliphatic carbocycles. The molecule has 4 heteroatoms. The van der Waals surface area contributed by atoms with Gasteiger partial charge in [-0.1, -0.05) is 12.1 Å². The highest BCUT2D eigenvalue weighted by atomic mass is 16.2. The predicted octanol–water partition coefficient (Wildman–Crippen LogP) is 2.42. The average molecular weight is 286 g/mol. The Labute approximate surface area is 125 Å². The maximum Gasteiger partial charge on any atom is 0.250 e. The van der Waals surface area contributed by atoms with Crippen LogP contribution in [0.5, 0.6) is 0 Å². The molecule has 2 aliphatic rings. The first-order valence-corrected chi connectivity index (χ1v) is 7.71. The van der Waals surface area contributed by atoms with Crippen molar-refractivity contribution < 1.29 is 9.59 Å². The highest BCUT2D eigenvalue weighted by molar-refractivity contribution is 6.08. The molecule has 1 aromatic carbocycles. The molecule has 0 N–H and O–H groups in total. The summed E-state index contributed by atoms with van der Waals surface area (Å²) < 4.78 is 0. The van der Waals surface area contributed by atoms with Crippen molar-refractivity contribution in [3.8, 4) is 0 Å². The maximum absolute atomic E-state index is 12.9. The smallest absolute Gasteiger partial charge is 0.250 e. The lowest BCUT2D eigenvalue weighted by Crippen LogP contribution is -2.65.